The minimum atomic E-state index is -1.05. The van der Waals surface area contributed by atoms with Crippen LogP contribution in [0.1, 0.15) is 140 Å². The van der Waals surface area contributed by atoms with Crippen molar-refractivity contribution in [3.8, 4) is 0 Å². The van der Waals surface area contributed by atoms with E-state index in [2.05, 4.69) is 14.2 Å². The first-order valence-corrected chi connectivity index (χ1v) is 20.2. The van der Waals surface area contributed by atoms with E-state index in [1.807, 2.05) is 58.0 Å². The van der Waals surface area contributed by atoms with Gasteiger partial charge in [0, 0.05) is 39.9 Å². The molecule has 0 bridgehead atoms. The van der Waals surface area contributed by atoms with Gasteiger partial charge in [0.05, 0.1) is 25.7 Å². The number of hydrogen-bond acceptors (Lipinski definition) is 12. The number of allylic oxidation sites excluding steroid dienone is 2. The smallest absolute Gasteiger partial charge is 0.870 e. The summed E-state index contributed by atoms with van der Waals surface area (Å²) in [4.78, 5) is 87.6. The van der Waals surface area contributed by atoms with E-state index in [4.69, 9.17) is 34.8 Å². The average Bonchev–Trinajstić information content (AvgIpc) is 3.25. The fraction of sp³-hybridized carbons (Fsp3) is 0.412. The van der Waals surface area contributed by atoms with Gasteiger partial charge in [0.15, 0.2) is 11.6 Å². The Bertz CT molecular complexity index is 1870. The number of carbonyl (C=O) groups is 8. The standard InChI is InChI=1S/C16H17ClO4.C12H13ClO.C7H5ClO.C6H10O4.C5H10O.5CH4.K.H2O/c1-4-21-16(20)15(19)11(3)14(18)10(2)9-12-5-7-13(17)8-6-12;1-3-12(14)9(2)8-10-4-6-11(13)7-5-10;8-7-3-1-6(5-9)2-4-7;1-3-9-5(7)6(8)10-4-2;1-3-5(6)4-2;;;;;;;/h5-9,11H,4H2,1-3H3;4-8H,3H2,1-2H3;1-5H;3-4H2,1-2H3;3-4H2,1-2H3;5*1H4;;1H2/q;;;;;;;;;;+1;/p-1/b10-9+;9-8+;;;;;;;;;;. The van der Waals surface area contributed by atoms with Gasteiger partial charge in [-0.25, -0.2) is 14.4 Å². The van der Waals surface area contributed by atoms with Crippen molar-refractivity contribution in [2.45, 2.75) is 119 Å². The van der Waals surface area contributed by atoms with E-state index in [0.717, 1.165) is 23.0 Å². The number of hydrogen-bond donors (Lipinski definition) is 0. The molecule has 0 aliphatic heterocycles. The van der Waals surface area contributed by atoms with Crippen molar-refractivity contribution in [2.75, 3.05) is 19.8 Å². The quantitative estimate of drug-likeness (QED) is 0.0282. The molecule has 1 atom stereocenters. The summed E-state index contributed by atoms with van der Waals surface area (Å²) in [5.41, 5.74) is 3.63. The van der Waals surface area contributed by atoms with Gasteiger partial charge < -0.3 is 19.7 Å². The van der Waals surface area contributed by atoms with Gasteiger partial charge in [-0.05, 0) is 112 Å². The number of aldehydes is 1. The summed E-state index contributed by atoms with van der Waals surface area (Å²) < 4.78 is 13.3. The molecule has 0 amide bonds. The molecule has 3 rings (SSSR count). The largest absolute Gasteiger partial charge is 1.00 e. The number of benzene rings is 3. The molecule has 0 spiro atoms. The van der Waals surface area contributed by atoms with Crippen LogP contribution in [-0.4, -0.2) is 72.6 Å². The Morgan fingerprint density at radius 2 is 0.791 bits per heavy atom. The van der Waals surface area contributed by atoms with Gasteiger partial charge in [0.1, 0.15) is 12.1 Å². The summed E-state index contributed by atoms with van der Waals surface area (Å²) in [6.07, 6.45) is 6.25. The third-order valence-corrected chi connectivity index (χ3v) is 8.19. The molecule has 1 unspecified atom stereocenters. The number of halogens is 3. The Morgan fingerprint density at radius 3 is 1.06 bits per heavy atom. The summed E-state index contributed by atoms with van der Waals surface area (Å²) in [5.74, 6) is -4.58. The van der Waals surface area contributed by atoms with Crippen LogP contribution in [0.15, 0.2) is 83.9 Å². The number of esters is 3. The number of Topliss-reactive ketones (excluding diaryl/α,β-unsaturated/α-hetero) is 4. The van der Waals surface area contributed by atoms with Gasteiger partial charge in [-0.15, -0.1) is 0 Å². The minimum absolute atomic E-state index is 0. The molecule has 3 aromatic rings. The predicted molar refractivity (Wildman–Crippen MR) is 273 cm³/mol. The van der Waals surface area contributed by atoms with Crippen LogP contribution in [0.2, 0.25) is 15.1 Å². The van der Waals surface area contributed by atoms with Gasteiger partial charge in [-0.2, -0.15) is 0 Å². The first-order valence-electron chi connectivity index (χ1n) is 19.1. The fourth-order valence-electron chi connectivity index (χ4n) is 4.06. The van der Waals surface area contributed by atoms with Crippen molar-refractivity contribution in [3.05, 3.63) is 116 Å². The molecule has 0 fully saturated rings. The number of carbonyl (C=O) groups excluding carboxylic acids is 8. The van der Waals surface area contributed by atoms with Gasteiger partial charge in [-0.1, -0.05) is 129 Å². The molecule has 0 aromatic heterocycles. The number of ether oxygens (including phenoxy) is 3. The predicted octanol–water partition coefficient (Wildman–Crippen LogP) is 10.5. The van der Waals surface area contributed by atoms with E-state index < -0.39 is 35.4 Å². The molecule has 12 nitrogen and oxygen atoms in total. The summed E-state index contributed by atoms with van der Waals surface area (Å²) in [6, 6.07) is 21.1. The second kappa shape index (κ2) is 50.2. The Kier molecular flexibility index (Phi) is 62.5. The van der Waals surface area contributed by atoms with Crippen LogP contribution >= 0.6 is 34.8 Å². The monoisotopic (exact) mass is 1020 g/mol. The molecule has 0 saturated carbocycles. The van der Waals surface area contributed by atoms with Crippen LogP contribution in [0.3, 0.4) is 0 Å². The van der Waals surface area contributed by atoms with E-state index in [0.29, 0.717) is 51.3 Å². The molecule has 0 saturated heterocycles. The molecule has 374 valence electrons. The van der Waals surface area contributed by atoms with Crippen LogP contribution in [0.5, 0.6) is 0 Å². The molecule has 67 heavy (non-hydrogen) atoms. The molecule has 0 radical (unpaired) electrons. The molecule has 16 heteroatoms. The topological polar surface area (TPSA) is 194 Å². The Labute approximate surface area is 459 Å². The van der Waals surface area contributed by atoms with Crippen molar-refractivity contribution in [3.63, 3.8) is 0 Å². The Morgan fingerprint density at radius 1 is 0.493 bits per heavy atom. The second-order valence-corrected chi connectivity index (χ2v) is 13.4. The average molecular weight is 1030 g/mol. The molecular weight excluding hydrogens is 950 g/mol. The normalized spacial score (nSPS) is 9.61. The molecule has 0 aliphatic carbocycles. The summed E-state index contributed by atoms with van der Waals surface area (Å²) in [6.45, 7) is 15.8. The van der Waals surface area contributed by atoms with E-state index >= 15 is 0 Å². The maximum Gasteiger partial charge on any atom is 1.00 e. The first kappa shape index (κ1) is 83.4. The Hall–Kier alpha value is -3.63. The van der Waals surface area contributed by atoms with Gasteiger partial charge in [0.2, 0.25) is 0 Å². The summed E-state index contributed by atoms with van der Waals surface area (Å²) in [5, 5.41) is 1.96. The molecule has 0 heterocycles. The molecular formula is C51H76Cl3KO12. The van der Waals surface area contributed by atoms with Gasteiger partial charge >= 0.3 is 69.3 Å². The fourth-order valence-corrected chi connectivity index (χ4v) is 4.44. The maximum absolute atomic E-state index is 12.1. The van der Waals surface area contributed by atoms with Crippen molar-refractivity contribution >= 4 is 94.3 Å². The molecule has 3 aromatic carbocycles. The summed E-state index contributed by atoms with van der Waals surface area (Å²) >= 11 is 17.1. The van der Waals surface area contributed by atoms with Crippen molar-refractivity contribution in [1.29, 1.82) is 0 Å². The minimum Gasteiger partial charge on any atom is -0.870 e. The zero-order chi connectivity index (χ0) is 46.2. The SMILES string of the molecule is C.C.C.C.C.CCC(=O)/C(C)=C/c1ccc(Cl)cc1.CCC(=O)CC.CCOC(=O)C(=O)C(C)C(=O)/C(C)=C/c1ccc(Cl)cc1.CCOC(=O)C(=O)OCC.O=Cc1ccc(Cl)cc1.[K+].[OH-]. The van der Waals surface area contributed by atoms with E-state index in [1.54, 1.807) is 82.3 Å². The third-order valence-electron chi connectivity index (χ3n) is 7.43. The van der Waals surface area contributed by atoms with Crippen LogP contribution < -0.4 is 51.4 Å². The third kappa shape index (κ3) is 40.0. The zero-order valence-corrected chi connectivity index (χ0v) is 42.4. The molecule has 0 aliphatic rings. The Balaban J connectivity index is -0.0000000924. The molecule has 1 N–H and O–H groups in total. The maximum atomic E-state index is 12.1. The van der Waals surface area contributed by atoms with Crippen molar-refractivity contribution in [1.82, 2.24) is 0 Å². The van der Waals surface area contributed by atoms with Crippen LogP contribution in [0.25, 0.3) is 12.2 Å². The number of rotatable bonds is 14. The van der Waals surface area contributed by atoms with Gasteiger partial charge in [0.25, 0.3) is 5.78 Å². The first-order chi connectivity index (χ1) is 28.3. The second-order valence-electron chi connectivity index (χ2n) is 12.1. The van der Waals surface area contributed by atoms with Crippen LogP contribution in [-0.2, 0) is 47.8 Å². The van der Waals surface area contributed by atoms with Gasteiger partial charge in [-0.3, -0.25) is 24.0 Å². The summed E-state index contributed by atoms with van der Waals surface area (Å²) in [7, 11) is 0. The van der Waals surface area contributed by atoms with E-state index in [1.165, 1.54) is 6.92 Å². The number of ketones is 4. The van der Waals surface area contributed by atoms with E-state index in [-0.39, 0.29) is 120 Å². The van der Waals surface area contributed by atoms with E-state index in [9.17, 15) is 38.4 Å². The van der Waals surface area contributed by atoms with Crippen molar-refractivity contribution in [2.24, 2.45) is 5.92 Å². The van der Waals surface area contributed by atoms with Crippen LogP contribution in [0.4, 0.5) is 0 Å². The van der Waals surface area contributed by atoms with Crippen LogP contribution in [0, 0.1) is 5.92 Å². The zero-order valence-electron chi connectivity index (χ0n) is 37.1. The van der Waals surface area contributed by atoms with Crippen molar-refractivity contribution < 1.29 is 109 Å².